The first kappa shape index (κ1) is 20.8. The summed E-state index contributed by atoms with van der Waals surface area (Å²) in [7, 11) is 1.62. The maximum atomic E-state index is 14.3. The third-order valence-corrected chi connectivity index (χ3v) is 5.69. The van der Waals surface area contributed by atoms with Crippen LogP contribution in [-0.2, 0) is 22.4 Å². The smallest absolute Gasteiger partial charge is 0.157 e. The van der Waals surface area contributed by atoms with E-state index in [1.165, 1.54) is 12.1 Å². The van der Waals surface area contributed by atoms with Crippen molar-refractivity contribution in [2.24, 2.45) is 0 Å². The molecule has 1 fully saturated rings. The monoisotopic (exact) mass is 411 g/mol. The number of halogens is 1. The summed E-state index contributed by atoms with van der Waals surface area (Å²) >= 11 is 0. The van der Waals surface area contributed by atoms with E-state index in [-0.39, 0.29) is 24.6 Å². The van der Waals surface area contributed by atoms with Gasteiger partial charge in [-0.1, -0.05) is 12.1 Å². The standard InChI is InChI=1S/C24H26FNO4/c1-15-9-18(25)10-20-21(22-11-19(29-2)12-23(28)30-22)14-26(24(15)20)13-17-5-3-16(4-6-17)7-8-27/h3,5,9-10,14,19,22-23,27-28H,7-8,11-13H2,1-2H3/t19-,22-,23+/m1/s1. The minimum atomic E-state index is -0.913. The molecule has 2 N–H and O–H groups in total. The van der Waals surface area contributed by atoms with Crippen molar-refractivity contribution in [1.82, 2.24) is 4.57 Å². The zero-order chi connectivity index (χ0) is 21.3. The van der Waals surface area contributed by atoms with E-state index in [0.29, 0.717) is 25.8 Å². The number of hydrogen-bond acceptors (Lipinski definition) is 4. The SMILES string of the molecule is CO[C@H]1C[C@@H](O)O[C@@H](c2cn(Cc3c#cc(CCO)cc3)c3c(C)cc(F)cc23)C1. The van der Waals surface area contributed by atoms with Gasteiger partial charge in [-0.05, 0) is 36.8 Å². The van der Waals surface area contributed by atoms with Crippen LogP contribution in [0.2, 0.25) is 0 Å². The number of nitrogens with zero attached hydrogens (tertiary/aromatic N) is 1. The van der Waals surface area contributed by atoms with Crippen molar-refractivity contribution in [3.63, 3.8) is 0 Å². The number of methoxy groups -OCH3 is 1. The molecule has 1 aliphatic rings. The van der Waals surface area contributed by atoms with Crippen molar-refractivity contribution < 1.29 is 24.1 Å². The van der Waals surface area contributed by atoms with Gasteiger partial charge in [0, 0.05) is 61.3 Å². The lowest BCUT2D eigenvalue weighted by Crippen LogP contribution is -2.32. The maximum absolute atomic E-state index is 14.3. The largest absolute Gasteiger partial charge is 0.396 e. The van der Waals surface area contributed by atoms with E-state index in [2.05, 4.69) is 16.7 Å². The Labute approximate surface area is 175 Å². The van der Waals surface area contributed by atoms with Gasteiger partial charge in [-0.15, -0.1) is 0 Å². The summed E-state index contributed by atoms with van der Waals surface area (Å²) in [6.07, 6.45) is 2.13. The van der Waals surface area contributed by atoms with Crippen LogP contribution in [-0.4, -0.2) is 40.9 Å². The average Bonchev–Trinajstić information content (AvgIpc) is 3.07. The zero-order valence-electron chi connectivity index (χ0n) is 17.2. The Morgan fingerprint density at radius 2 is 2.00 bits per heavy atom. The van der Waals surface area contributed by atoms with Crippen molar-refractivity contribution in [2.45, 2.75) is 51.2 Å². The Hall–Kier alpha value is -2.43. The van der Waals surface area contributed by atoms with E-state index < -0.39 is 6.29 Å². The number of aromatic nitrogens is 1. The lowest BCUT2D eigenvalue weighted by molar-refractivity contribution is -0.195. The van der Waals surface area contributed by atoms with Crippen molar-refractivity contribution in [3.05, 3.63) is 70.7 Å². The van der Waals surface area contributed by atoms with Gasteiger partial charge in [0.25, 0.3) is 0 Å². The van der Waals surface area contributed by atoms with E-state index >= 15 is 0 Å². The van der Waals surface area contributed by atoms with Crippen LogP contribution in [0, 0.1) is 24.9 Å². The van der Waals surface area contributed by atoms with Crippen molar-refractivity contribution in [1.29, 1.82) is 0 Å². The molecule has 3 atom stereocenters. The van der Waals surface area contributed by atoms with Crippen LogP contribution in [0.4, 0.5) is 4.39 Å². The normalized spacial score (nSPS) is 21.7. The summed E-state index contributed by atoms with van der Waals surface area (Å²) in [4.78, 5) is 0. The van der Waals surface area contributed by atoms with E-state index in [1.807, 2.05) is 25.3 Å². The second-order valence-corrected chi connectivity index (χ2v) is 7.85. The molecule has 0 radical (unpaired) electrons. The molecular weight excluding hydrogens is 385 g/mol. The highest BCUT2D eigenvalue weighted by Gasteiger charge is 2.31. The number of aliphatic hydroxyl groups is 2. The molecular formula is C24H26FNO4. The lowest BCUT2D eigenvalue weighted by atomic mass is 9.97. The molecule has 1 aliphatic heterocycles. The number of fused-ring (bicyclic) bond motifs is 1. The number of hydrogen-bond donors (Lipinski definition) is 2. The highest BCUT2D eigenvalue weighted by Crippen LogP contribution is 2.38. The molecule has 158 valence electrons. The lowest BCUT2D eigenvalue weighted by Gasteiger charge is -2.32. The van der Waals surface area contributed by atoms with Crippen LogP contribution >= 0.6 is 0 Å². The highest BCUT2D eigenvalue weighted by atomic mass is 19.1. The minimum Gasteiger partial charge on any atom is -0.396 e. The highest BCUT2D eigenvalue weighted by molar-refractivity contribution is 5.87. The van der Waals surface area contributed by atoms with Gasteiger partial charge in [0.2, 0.25) is 0 Å². The third kappa shape index (κ3) is 4.21. The molecule has 2 heterocycles. The molecule has 4 rings (SSSR count). The Morgan fingerprint density at radius 3 is 2.70 bits per heavy atom. The molecule has 6 heteroatoms. The summed E-state index contributed by atoms with van der Waals surface area (Å²) in [5.41, 5.74) is 4.44. The van der Waals surface area contributed by atoms with Crippen LogP contribution in [0.15, 0.2) is 30.5 Å². The fourth-order valence-electron chi connectivity index (χ4n) is 4.26. The van der Waals surface area contributed by atoms with Crippen LogP contribution < -0.4 is 0 Å². The summed E-state index contributed by atoms with van der Waals surface area (Å²) in [5.74, 6) is -0.299. The van der Waals surface area contributed by atoms with Crippen LogP contribution in [0.1, 0.15) is 41.2 Å². The van der Waals surface area contributed by atoms with Gasteiger partial charge in [0.05, 0.1) is 24.3 Å². The van der Waals surface area contributed by atoms with Gasteiger partial charge in [-0.25, -0.2) is 4.39 Å². The molecule has 0 aliphatic carbocycles. The fourth-order valence-corrected chi connectivity index (χ4v) is 4.26. The molecule has 1 aromatic heterocycles. The van der Waals surface area contributed by atoms with Crippen LogP contribution in [0.3, 0.4) is 0 Å². The number of aryl methyl sites for hydroxylation is 1. The number of aliphatic hydroxyl groups excluding tert-OH is 2. The quantitative estimate of drug-likeness (QED) is 0.652. The van der Waals surface area contributed by atoms with Crippen molar-refractivity contribution >= 4 is 10.9 Å². The molecule has 5 nitrogen and oxygen atoms in total. The Morgan fingerprint density at radius 1 is 1.23 bits per heavy atom. The first-order valence-electron chi connectivity index (χ1n) is 10.2. The fraction of sp³-hybridized carbons (Fsp3) is 0.417. The van der Waals surface area contributed by atoms with E-state index in [4.69, 9.17) is 14.6 Å². The third-order valence-electron chi connectivity index (χ3n) is 5.69. The summed E-state index contributed by atoms with van der Waals surface area (Å²) in [6.45, 7) is 2.51. The van der Waals surface area contributed by atoms with Gasteiger partial charge in [-0.2, -0.15) is 0 Å². The van der Waals surface area contributed by atoms with Gasteiger partial charge in [0.15, 0.2) is 6.29 Å². The minimum absolute atomic E-state index is 0.0791. The predicted octanol–water partition coefficient (Wildman–Crippen LogP) is 3.46. The predicted molar refractivity (Wildman–Crippen MR) is 111 cm³/mol. The zero-order valence-corrected chi connectivity index (χ0v) is 17.2. The molecule has 0 bridgehead atoms. The summed E-state index contributed by atoms with van der Waals surface area (Å²) in [6, 6.07) is 13.2. The van der Waals surface area contributed by atoms with Gasteiger partial charge < -0.3 is 24.3 Å². The molecule has 0 spiro atoms. The topological polar surface area (TPSA) is 63.8 Å². The van der Waals surface area contributed by atoms with Gasteiger partial charge in [0.1, 0.15) is 5.82 Å². The second-order valence-electron chi connectivity index (χ2n) is 7.85. The Bertz CT molecular complexity index is 1010. The number of rotatable bonds is 6. The molecule has 0 saturated carbocycles. The molecule has 2 aromatic carbocycles. The van der Waals surface area contributed by atoms with Crippen LogP contribution in [0.25, 0.3) is 10.9 Å². The van der Waals surface area contributed by atoms with E-state index in [1.54, 1.807) is 7.11 Å². The molecule has 0 unspecified atom stereocenters. The second kappa shape index (κ2) is 8.75. The molecule has 30 heavy (non-hydrogen) atoms. The summed E-state index contributed by atoms with van der Waals surface area (Å²) in [5, 5.41) is 20.0. The maximum Gasteiger partial charge on any atom is 0.157 e. The summed E-state index contributed by atoms with van der Waals surface area (Å²) < 4.78 is 27.6. The molecule has 0 amide bonds. The van der Waals surface area contributed by atoms with Crippen molar-refractivity contribution in [2.75, 3.05) is 13.7 Å². The van der Waals surface area contributed by atoms with Gasteiger partial charge >= 0.3 is 0 Å². The van der Waals surface area contributed by atoms with Crippen LogP contribution in [0.5, 0.6) is 0 Å². The first-order valence-corrected chi connectivity index (χ1v) is 10.2. The van der Waals surface area contributed by atoms with E-state index in [9.17, 15) is 9.50 Å². The Balaban J connectivity index is 1.73. The van der Waals surface area contributed by atoms with Gasteiger partial charge in [-0.3, -0.25) is 0 Å². The first-order chi connectivity index (χ1) is 14.5. The van der Waals surface area contributed by atoms with E-state index in [0.717, 1.165) is 33.2 Å². The molecule has 3 aromatic rings. The number of benzene rings is 1. The van der Waals surface area contributed by atoms with Crippen molar-refractivity contribution in [3.8, 4) is 0 Å². The number of ether oxygens (including phenoxy) is 2. The average molecular weight is 411 g/mol. The Kier molecular flexibility index (Phi) is 6.07. The molecule has 1 saturated heterocycles.